The van der Waals surface area contributed by atoms with Crippen LogP contribution in [-0.4, -0.2) is 15.7 Å². The van der Waals surface area contributed by atoms with Crippen LogP contribution >= 0.6 is 0 Å². The third-order valence-electron chi connectivity index (χ3n) is 4.15. The maximum atomic E-state index is 12.2. The van der Waals surface area contributed by atoms with Crippen LogP contribution in [0.4, 0.5) is 0 Å². The van der Waals surface area contributed by atoms with E-state index in [0.29, 0.717) is 12.1 Å². The number of hydrogen-bond acceptors (Lipinski definition) is 2. The molecule has 1 N–H and O–H groups in total. The zero-order chi connectivity index (χ0) is 16.9. The second kappa shape index (κ2) is 7.13. The fourth-order valence-corrected chi connectivity index (χ4v) is 2.51. The number of aryl methyl sites for hydroxylation is 2. The molecule has 0 aliphatic heterocycles. The Morgan fingerprint density at radius 1 is 1.04 bits per heavy atom. The number of benzene rings is 2. The smallest absolute Gasteiger partial charge is 0.251 e. The van der Waals surface area contributed by atoms with Crippen molar-refractivity contribution in [1.29, 1.82) is 0 Å². The predicted octanol–water partition coefficient (Wildman–Crippen LogP) is 3.48. The fourth-order valence-electron chi connectivity index (χ4n) is 2.51. The van der Waals surface area contributed by atoms with Gasteiger partial charge in [0.15, 0.2) is 0 Å². The van der Waals surface area contributed by atoms with Crippen LogP contribution in [0.25, 0.3) is 0 Å². The first kappa shape index (κ1) is 16.0. The van der Waals surface area contributed by atoms with E-state index in [-0.39, 0.29) is 5.91 Å². The van der Waals surface area contributed by atoms with Crippen molar-refractivity contribution in [2.75, 3.05) is 0 Å². The Bertz CT molecular complexity index is 821. The summed E-state index contributed by atoms with van der Waals surface area (Å²) >= 11 is 0. The molecular weight excluding hydrogens is 298 g/mol. The summed E-state index contributed by atoms with van der Waals surface area (Å²) < 4.78 is 1.89. The average Bonchev–Trinajstić information content (AvgIpc) is 3.09. The molecule has 0 aliphatic rings. The standard InChI is InChI=1S/C20H21N3O/c1-15-4-9-19(12-16(15)2)20(24)21-13-17-5-7-18(8-6-17)14-23-11-3-10-22-23/h3-12H,13-14H2,1-2H3,(H,21,24). The van der Waals surface area contributed by atoms with Gasteiger partial charge in [-0.05, 0) is 54.3 Å². The van der Waals surface area contributed by atoms with E-state index in [9.17, 15) is 4.79 Å². The Morgan fingerprint density at radius 2 is 1.79 bits per heavy atom. The summed E-state index contributed by atoms with van der Waals surface area (Å²) in [6.45, 7) is 5.34. The summed E-state index contributed by atoms with van der Waals surface area (Å²) in [6, 6.07) is 15.9. The van der Waals surface area contributed by atoms with Gasteiger partial charge in [0.05, 0.1) is 6.54 Å². The van der Waals surface area contributed by atoms with E-state index in [4.69, 9.17) is 0 Å². The van der Waals surface area contributed by atoms with E-state index in [1.165, 1.54) is 11.1 Å². The molecule has 0 fully saturated rings. The highest BCUT2D eigenvalue weighted by Crippen LogP contribution is 2.10. The van der Waals surface area contributed by atoms with Gasteiger partial charge in [0.25, 0.3) is 5.91 Å². The van der Waals surface area contributed by atoms with Crippen molar-refractivity contribution in [1.82, 2.24) is 15.1 Å². The Kier molecular flexibility index (Phi) is 4.75. The molecule has 122 valence electrons. The molecule has 1 aromatic heterocycles. The molecule has 3 aromatic rings. The molecule has 0 saturated carbocycles. The number of hydrogen-bond donors (Lipinski definition) is 1. The highest BCUT2D eigenvalue weighted by Gasteiger charge is 2.06. The lowest BCUT2D eigenvalue weighted by Crippen LogP contribution is -2.22. The minimum Gasteiger partial charge on any atom is -0.348 e. The van der Waals surface area contributed by atoms with Gasteiger partial charge in [-0.1, -0.05) is 30.3 Å². The largest absolute Gasteiger partial charge is 0.348 e. The third-order valence-corrected chi connectivity index (χ3v) is 4.15. The van der Waals surface area contributed by atoms with E-state index in [1.807, 2.05) is 61.1 Å². The first-order chi connectivity index (χ1) is 11.6. The second-order valence-corrected chi connectivity index (χ2v) is 6.00. The van der Waals surface area contributed by atoms with E-state index < -0.39 is 0 Å². The van der Waals surface area contributed by atoms with Crippen LogP contribution in [0.5, 0.6) is 0 Å². The highest BCUT2D eigenvalue weighted by molar-refractivity contribution is 5.94. The Labute approximate surface area is 142 Å². The van der Waals surface area contributed by atoms with Gasteiger partial charge in [-0.15, -0.1) is 0 Å². The zero-order valence-electron chi connectivity index (χ0n) is 14.0. The molecule has 0 saturated heterocycles. The van der Waals surface area contributed by atoms with Crippen LogP contribution in [0.3, 0.4) is 0 Å². The van der Waals surface area contributed by atoms with Gasteiger partial charge in [0.1, 0.15) is 0 Å². The van der Waals surface area contributed by atoms with Crippen LogP contribution in [0.15, 0.2) is 60.9 Å². The molecule has 1 amide bonds. The lowest BCUT2D eigenvalue weighted by atomic mass is 10.1. The van der Waals surface area contributed by atoms with Crippen molar-refractivity contribution in [2.45, 2.75) is 26.9 Å². The second-order valence-electron chi connectivity index (χ2n) is 6.00. The van der Waals surface area contributed by atoms with Gasteiger partial charge >= 0.3 is 0 Å². The molecule has 2 aromatic carbocycles. The van der Waals surface area contributed by atoms with Crippen molar-refractivity contribution < 1.29 is 4.79 Å². The molecule has 0 unspecified atom stereocenters. The molecule has 4 heteroatoms. The Morgan fingerprint density at radius 3 is 2.46 bits per heavy atom. The number of nitrogens with zero attached hydrogens (tertiary/aromatic N) is 2. The zero-order valence-corrected chi connectivity index (χ0v) is 14.0. The van der Waals surface area contributed by atoms with Gasteiger partial charge < -0.3 is 5.32 Å². The monoisotopic (exact) mass is 319 g/mol. The molecular formula is C20H21N3O. The first-order valence-corrected chi connectivity index (χ1v) is 8.02. The Balaban J connectivity index is 1.58. The number of carbonyl (C=O) groups excluding carboxylic acids is 1. The van der Waals surface area contributed by atoms with Crippen molar-refractivity contribution in [2.24, 2.45) is 0 Å². The predicted molar refractivity (Wildman–Crippen MR) is 94.9 cm³/mol. The van der Waals surface area contributed by atoms with E-state index in [0.717, 1.165) is 17.7 Å². The fraction of sp³-hybridized carbons (Fsp3) is 0.200. The number of aromatic nitrogens is 2. The van der Waals surface area contributed by atoms with Crippen molar-refractivity contribution in [3.05, 3.63) is 88.7 Å². The van der Waals surface area contributed by atoms with Crippen LogP contribution in [0.2, 0.25) is 0 Å². The molecule has 0 radical (unpaired) electrons. The minimum atomic E-state index is -0.0429. The van der Waals surface area contributed by atoms with Crippen molar-refractivity contribution in [3.63, 3.8) is 0 Å². The molecule has 0 spiro atoms. The summed E-state index contributed by atoms with van der Waals surface area (Å²) in [4.78, 5) is 12.2. The van der Waals surface area contributed by atoms with Crippen molar-refractivity contribution in [3.8, 4) is 0 Å². The maximum Gasteiger partial charge on any atom is 0.251 e. The normalized spacial score (nSPS) is 10.6. The average molecular weight is 319 g/mol. The van der Waals surface area contributed by atoms with Gasteiger partial charge in [-0.3, -0.25) is 9.48 Å². The molecule has 0 atom stereocenters. The maximum absolute atomic E-state index is 12.2. The first-order valence-electron chi connectivity index (χ1n) is 8.02. The number of rotatable bonds is 5. The van der Waals surface area contributed by atoms with Crippen molar-refractivity contribution >= 4 is 5.91 Å². The summed E-state index contributed by atoms with van der Waals surface area (Å²) in [7, 11) is 0. The molecule has 1 heterocycles. The summed E-state index contributed by atoms with van der Waals surface area (Å²) in [6.07, 6.45) is 3.72. The highest BCUT2D eigenvalue weighted by atomic mass is 16.1. The quantitative estimate of drug-likeness (QED) is 0.782. The summed E-state index contributed by atoms with van der Waals surface area (Å²) in [5.41, 5.74) is 5.29. The van der Waals surface area contributed by atoms with Crippen LogP contribution in [-0.2, 0) is 13.1 Å². The number of carbonyl (C=O) groups is 1. The van der Waals surface area contributed by atoms with Gasteiger partial charge in [0.2, 0.25) is 0 Å². The molecule has 0 bridgehead atoms. The van der Waals surface area contributed by atoms with E-state index >= 15 is 0 Å². The summed E-state index contributed by atoms with van der Waals surface area (Å²) in [5, 5.41) is 7.17. The summed E-state index contributed by atoms with van der Waals surface area (Å²) in [5.74, 6) is -0.0429. The van der Waals surface area contributed by atoms with E-state index in [2.05, 4.69) is 22.5 Å². The van der Waals surface area contributed by atoms with Crippen LogP contribution in [0.1, 0.15) is 32.6 Å². The SMILES string of the molecule is Cc1ccc(C(=O)NCc2ccc(Cn3cccn3)cc2)cc1C. The Hall–Kier alpha value is -2.88. The third kappa shape index (κ3) is 3.90. The van der Waals surface area contributed by atoms with Gasteiger partial charge in [0, 0.05) is 24.5 Å². The van der Waals surface area contributed by atoms with Gasteiger partial charge in [-0.2, -0.15) is 5.10 Å². The van der Waals surface area contributed by atoms with Crippen LogP contribution in [0, 0.1) is 13.8 Å². The lowest BCUT2D eigenvalue weighted by Gasteiger charge is -2.08. The minimum absolute atomic E-state index is 0.0429. The molecule has 24 heavy (non-hydrogen) atoms. The number of nitrogens with one attached hydrogen (secondary N) is 1. The molecule has 0 aliphatic carbocycles. The number of amides is 1. The topological polar surface area (TPSA) is 46.9 Å². The molecule has 3 rings (SSSR count). The lowest BCUT2D eigenvalue weighted by molar-refractivity contribution is 0.0951. The van der Waals surface area contributed by atoms with Crippen LogP contribution < -0.4 is 5.32 Å². The molecule has 4 nitrogen and oxygen atoms in total. The van der Waals surface area contributed by atoms with E-state index in [1.54, 1.807) is 6.20 Å². The van der Waals surface area contributed by atoms with Gasteiger partial charge in [-0.25, -0.2) is 0 Å².